The number of nitrogens with one attached hydrogen (secondary N) is 2. The topological polar surface area (TPSA) is 132 Å². The third kappa shape index (κ3) is 9.06. The maximum atomic E-state index is 13.1. The van der Waals surface area contributed by atoms with Crippen molar-refractivity contribution in [3.8, 4) is 5.75 Å². The summed E-state index contributed by atoms with van der Waals surface area (Å²) in [4.78, 5) is 55.4. The summed E-state index contributed by atoms with van der Waals surface area (Å²) in [7, 11) is 4.33. The number of ether oxygens (including phenoxy) is 2. The highest BCUT2D eigenvalue weighted by molar-refractivity contribution is 7.19. The van der Waals surface area contributed by atoms with Gasteiger partial charge in [-0.25, -0.2) is 9.78 Å². The van der Waals surface area contributed by atoms with Crippen LogP contribution in [0.5, 0.6) is 5.75 Å². The Hall–Kier alpha value is -4.40. The van der Waals surface area contributed by atoms with Gasteiger partial charge in [-0.2, -0.15) is 13.2 Å². The molecule has 1 atom stereocenters. The van der Waals surface area contributed by atoms with Crippen LogP contribution >= 0.6 is 11.3 Å². The minimum atomic E-state index is -4.50. The van der Waals surface area contributed by atoms with Crippen molar-refractivity contribution in [1.82, 2.24) is 19.8 Å². The molecule has 0 saturated heterocycles. The maximum absolute atomic E-state index is 13.1. The van der Waals surface area contributed by atoms with Gasteiger partial charge in [0, 0.05) is 20.3 Å². The molecule has 0 spiro atoms. The van der Waals surface area contributed by atoms with E-state index >= 15 is 0 Å². The number of rotatable bonds is 11. The number of hydrogen-bond acceptors (Lipinski definition) is 8. The number of thiazole rings is 1. The Kier molecular flexibility index (Phi) is 10.5. The first kappa shape index (κ1) is 31.1. The molecule has 0 aliphatic rings. The minimum Gasteiger partial charge on any atom is -0.483 e. The number of methoxy groups -OCH3 is 1. The summed E-state index contributed by atoms with van der Waals surface area (Å²) < 4.78 is 49.1. The molecular weight excluding hydrogens is 567 g/mol. The van der Waals surface area contributed by atoms with E-state index in [4.69, 9.17) is 4.74 Å². The number of amides is 3. The number of halogens is 3. The van der Waals surface area contributed by atoms with Gasteiger partial charge in [-0.1, -0.05) is 12.1 Å². The molecule has 0 saturated carbocycles. The average Bonchev–Trinajstić information content (AvgIpc) is 3.33. The Labute approximate surface area is 236 Å². The number of pyridine rings is 1. The first-order valence-electron chi connectivity index (χ1n) is 12.2. The summed E-state index contributed by atoms with van der Waals surface area (Å²) in [6, 6.07) is 6.40. The van der Waals surface area contributed by atoms with Gasteiger partial charge in [-0.05, 0) is 43.2 Å². The fourth-order valence-electron chi connectivity index (χ4n) is 3.50. The number of aromatic nitrogens is 2. The fraction of sp³-hybridized carbons (Fsp3) is 0.346. The van der Waals surface area contributed by atoms with Gasteiger partial charge < -0.3 is 29.6 Å². The number of fused-ring (bicyclic) bond motifs is 1. The largest absolute Gasteiger partial charge is 0.483 e. The zero-order chi connectivity index (χ0) is 30.2. The van der Waals surface area contributed by atoms with E-state index in [0.29, 0.717) is 15.2 Å². The molecule has 41 heavy (non-hydrogen) atoms. The van der Waals surface area contributed by atoms with Gasteiger partial charge in [0.1, 0.15) is 22.5 Å². The molecule has 0 fully saturated rings. The predicted molar refractivity (Wildman–Crippen MR) is 146 cm³/mol. The summed E-state index contributed by atoms with van der Waals surface area (Å²) >= 11 is 1.08. The van der Waals surface area contributed by atoms with E-state index in [2.05, 4.69) is 20.4 Å². The Bertz CT molecular complexity index is 1480. The molecule has 0 radical (unpaired) electrons. The Morgan fingerprint density at radius 3 is 2.63 bits per heavy atom. The molecule has 0 aliphatic carbocycles. The molecule has 11 nitrogen and oxygen atoms in total. The molecule has 0 aliphatic heterocycles. The van der Waals surface area contributed by atoms with E-state index in [0.717, 1.165) is 18.4 Å². The molecule has 3 aromatic rings. The molecule has 2 N–H and O–H groups in total. The number of likely N-dealkylation sites (N-methyl/N-ethyl adjacent to an activating group) is 1. The van der Waals surface area contributed by atoms with Gasteiger partial charge in [0.2, 0.25) is 11.8 Å². The van der Waals surface area contributed by atoms with Gasteiger partial charge in [-0.15, -0.1) is 11.3 Å². The van der Waals surface area contributed by atoms with Gasteiger partial charge in [-0.3, -0.25) is 14.4 Å². The van der Waals surface area contributed by atoms with Gasteiger partial charge >= 0.3 is 12.3 Å². The van der Waals surface area contributed by atoms with Crippen LogP contribution in [0.4, 0.5) is 23.7 Å². The van der Waals surface area contributed by atoms with Crippen molar-refractivity contribution >= 4 is 45.1 Å². The number of carbonyl (C=O) groups excluding carboxylic acids is 3. The highest BCUT2D eigenvalue weighted by atomic mass is 32.1. The third-order valence-electron chi connectivity index (χ3n) is 5.52. The summed E-state index contributed by atoms with van der Waals surface area (Å²) in [5, 5.41) is 5.35. The molecule has 3 amide bonds. The van der Waals surface area contributed by atoms with Gasteiger partial charge in [0.25, 0.3) is 5.56 Å². The highest BCUT2D eigenvalue weighted by Crippen LogP contribution is 2.32. The lowest BCUT2D eigenvalue weighted by atomic mass is 10.1. The van der Waals surface area contributed by atoms with Gasteiger partial charge in [0.15, 0.2) is 6.61 Å². The number of allylic oxidation sites excluding steroid dienone is 1. The van der Waals surface area contributed by atoms with Crippen LogP contribution in [0.2, 0.25) is 0 Å². The molecule has 3 rings (SSSR count). The van der Waals surface area contributed by atoms with Crippen molar-refractivity contribution in [1.29, 1.82) is 0 Å². The molecule has 0 unspecified atom stereocenters. The van der Waals surface area contributed by atoms with E-state index in [1.807, 2.05) is 0 Å². The van der Waals surface area contributed by atoms with Crippen LogP contribution in [0.15, 0.2) is 53.5 Å². The molecule has 2 aromatic heterocycles. The van der Waals surface area contributed by atoms with Crippen LogP contribution in [-0.4, -0.2) is 72.4 Å². The second kappa shape index (κ2) is 13.8. The molecular formula is C26H28F3N5O6S. The van der Waals surface area contributed by atoms with Crippen LogP contribution in [0.1, 0.15) is 17.8 Å². The first-order valence-corrected chi connectivity index (χ1v) is 13.0. The lowest BCUT2D eigenvalue weighted by Crippen LogP contribution is -2.44. The monoisotopic (exact) mass is 595 g/mol. The number of hydrogen-bond donors (Lipinski definition) is 2. The summed E-state index contributed by atoms with van der Waals surface area (Å²) in [5.41, 5.74) is -0.218. The summed E-state index contributed by atoms with van der Waals surface area (Å²) in [6.45, 7) is -1.47. The van der Waals surface area contributed by atoms with Crippen LogP contribution < -0.4 is 20.9 Å². The highest BCUT2D eigenvalue weighted by Gasteiger charge is 2.29. The Morgan fingerprint density at radius 2 is 1.95 bits per heavy atom. The standard InChI is InChI=1S/C26H28F3N5O6S/c1-33(2)21(35)12-5-4-8-17(32-25(38)39-3)23(36)31-18-10-7-13-34(24(18)37)14-20-30-16-9-6-11-19(22(16)41-20)40-15-26(27,28)29/h5-7,9-13,17H,4,8,14-15H2,1-3H3,(H,31,36)(H,32,38)/b12-5+/t17-/m0/s1. The smallest absolute Gasteiger partial charge is 0.422 e. The second-order valence-corrected chi connectivity index (χ2v) is 9.94. The summed E-state index contributed by atoms with van der Waals surface area (Å²) in [6.07, 6.45) is -0.580. The maximum Gasteiger partial charge on any atom is 0.422 e. The van der Waals surface area contributed by atoms with E-state index in [-0.39, 0.29) is 36.7 Å². The van der Waals surface area contributed by atoms with Crippen LogP contribution in [0, 0.1) is 0 Å². The predicted octanol–water partition coefficient (Wildman–Crippen LogP) is 3.54. The van der Waals surface area contributed by atoms with Crippen LogP contribution in [0.25, 0.3) is 10.2 Å². The molecule has 1 aromatic carbocycles. The van der Waals surface area contributed by atoms with Crippen molar-refractivity contribution in [2.24, 2.45) is 0 Å². The van der Waals surface area contributed by atoms with Gasteiger partial charge in [0.05, 0.1) is 23.9 Å². The number of anilines is 1. The van der Waals surface area contributed by atoms with E-state index in [9.17, 15) is 32.3 Å². The molecule has 220 valence electrons. The third-order valence-corrected chi connectivity index (χ3v) is 6.59. The summed E-state index contributed by atoms with van der Waals surface area (Å²) in [5.74, 6) is -0.888. The Morgan fingerprint density at radius 1 is 1.20 bits per heavy atom. The number of nitrogens with zero attached hydrogens (tertiary/aromatic N) is 3. The van der Waals surface area contributed by atoms with Crippen LogP contribution in [0.3, 0.4) is 0 Å². The lowest BCUT2D eigenvalue weighted by Gasteiger charge is -2.17. The number of alkyl halides is 3. The van der Waals surface area contributed by atoms with E-state index in [1.54, 1.807) is 26.2 Å². The lowest BCUT2D eigenvalue weighted by molar-refractivity contribution is -0.153. The zero-order valence-electron chi connectivity index (χ0n) is 22.4. The van der Waals surface area contributed by atoms with Crippen molar-refractivity contribution < 1.29 is 37.0 Å². The van der Waals surface area contributed by atoms with Crippen LogP contribution in [-0.2, 0) is 20.9 Å². The van der Waals surface area contributed by atoms with E-state index < -0.39 is 36.4 Å². The normalized spacial score (nSPS) is 12.2. The fourth-order valence-corrected chi connectivity index (χ4v) is 4.53. The molecule has 0 bridgehead atoms. The number of benzene rings is 1. The van der Waals surface area contributed by atoms with Crippen molar-refractivity contribution in [3.63, 3.8) is 0 Å². The first-order chi connectivity index (χ1) is 19.4. The van der Waals surface area contributed by atoms with Crippen molar-refractivity contribution in [3.05, 3.63) is 64.0 Å². The zero-order valence-corrected chi connectivity index (χ0v) is 23.2. The SMILES string of the molecule is COC(=O)N[C@@H](CC/C=C/C(=O)N(C)C)C(=O)Nc1cccn(Cc2nc3cccc(OCC(F)(F)F)c3s2)c1=O. The number of alkyl carbamates (subject to hydrolysis) is 1. The number of carbonyl (C=O) groups is 3. The van der Waals surface area contributed by atoms with Crippen molar-refractivity contribution in [2.75, 3.05) is 33.1 Å². The average molecular weight is 596 g/mol. The minimum absolute atomic E-state index is 0.0187. The van der Waals surface area contributed by atoms with Crippen molar-refractivity contribution in [2.45, 2.75) is 31.6 Å². The molecule has 15 heteroatoms. The Balaban J connectivity index is 1.75. The van der Waals surface area contributed by atoms with E-state index in [1.165, 1.54) is 46.0 Å². The second-order valence-electron chi connectivity index (χ2n) is 8.86. The molecule has 2 heterocycles. The quantitative estimate of drug-likeness (QED) is 0.324.